The number of nitrogens with two attached hydrogens (primary N) is 1. The molecular weight excluding hydrogens is 388 g/mol. The van der Waals surface area contributed by atoms with E-state index in [0.29, 0.717) is 5.82 Å². The molecule has 4 heterocycles. The number of pyridine rings is 1. The summed E-state index contributed by atoms with van der Waals surface area (Å²) in [7, 11) is 0. The fourth-order valence-electron chi connectivity index (χ4n) is 4.78. The minimum Gasteiger partial charge on any atom is -0.383 e. The van der Waals surface area contributed by atoms with Gasteiger partial charge < -0.3 is 15.6 Å². The zero-order valence-electron chi connectivity index (χ0n) is 17.4. The van der Waals surface area contributed by atoms with Gasteiger partial charge in [-0.05, 0) is 37.0 Å². The summed E-state index contributed by atoms with van der Waals surface area (Å²) < 4.78 is 2.24. The summed E-state index contributed by atoms with van der Waals surface area (Å²) >= 11 is 0. The topological polar surface area (TPSA) is 98.7 Å². The summed E-state index contributed by atoms with van der Waals surface area (Å²) in [6, 6.07) is 10.3. The normalized spacial score (nSPS) is 18.5. The molecule has 0 saturated carbocycles. The Balaban J connectivity index is 1.71. The van der Waals surface area contributed by atoms with Gasteiger partial charge in [0.05, 0.1) is 10.9 Å². The number of aryl methyl sites for hydroxylation is 1. The largest absolute Gasteiger partial charge is 0.383 e. The number of nitrogen functional groups attached to an aromatic ring is 1. The molecular formula is C24H24N6O. The molecule has 7 heteroatoms. The van der Waals surface area contributed by atoms with Gasteiger partial charge in [-0.15, -0.1) is 0 Å². The Bertz CT molecular complexity index is 1320. The highest BCUT2D eigenvalue weighted by Gasteiger charge is 2.30. The average Bonchev–Trinajstić information content (AvgIpc) is 3.04. The molecule has 1 aromatic carbocycles. The minimum absolute atomic E-state index is 0.0669. The smallest absolute Gasteiger partial charge is 0.243 e. The van der Waals surface area contributed by atoms with Crippen molar-refractivity contribution in [3.63, 3.8) is 0 Å². The van der Waals surface area contributed by atoms with Crippen molar-refractivity contribution in [2.75, 3.05) is 5.73 Å². The Morgan fingerprint density at radius 3 is 2.97 bits per heavy atom. The quantitative estimate of drug-likeness (QED) is 0.499. The van der Waals surface area contributed by atoms with Crippen molar-refractivity contribution >= 4 is 33.7 Å². The third kappa shape index (κ3) is 3.22. The van der Waals surface area contributed by atoms with Gasteiger partial charge >= 0.3 is 0 Å². The number of rotatable bonds is 3. The van der Waals surface area contributed by atoms with Gasteiger partial charge in [0.2, 0.25) is 5.91 Å². The lowest BCUT2D eigenvalue weighted by atomic mass is 9.92. The number of hydrogen-bond acceptors (Lipinski definition) is 5. The number of anilines is 1. The SMILES string of the molecule is C=CC(=O)N[C@@H]1CCn2c(c(-c3cnc4ccccc4c3)c3c(N)ncnc32)C(C)C1. The first-order chi connectivity index (χ1) is 15.1. The molecule has 3 aromatic heterocycles. The summed E-state index contributed by atoms with van der Waals surface area (Å²) in [6.45, 7) is 6.49. The van der Waals surface area contributed by atoms with E-state index in [1.54, 1.807) is 0 Å². The molecule has 0 saturated heterocycles. The van der Waals surface area contributed by atoms with Gasteiger partial charge in [0.1, 0.15) is 17.8 Å². The Labute approximate surface area is 180 Å². The van der Waals surface area contributed by atoms with E-state index in [-0.39, 0.29) is 17.9 Å². The molecule has 5 rings (SSSR count). The van der Waals surface area contributed by atoms with E-state index in [9.17, 15) is 4.79 Å². The second-order valence-electron chi connectivity index (χ2n) is 8.12. The number of nitrogens with one attached hydrogen (secondary N) is 1. The van der Waals surface area contributed by atoms with Crippen LogP contribution in [0.4, 0.5) is 5.82 Å². The van der Waals surface area contributed by atoms with Gasteiger partial charge in [-0.2, -0.15) is 0 Å². The molecule has 7 nitrogen and oxygen atoms in total. The minimum atomic E-state index is -0.140. The summed E-state index contributed by atoms with van der Waals surface area (Å²) in [5.74, 6) is 0.504. The molecule has 0 fully saturated rings. The summed E-state index contributed by atoms with van der Waals surface area (Å²) in [5, 5.41) is 5.01. The van der Waals surface area contributed by atoms with Gasteiger partial charge in [0.15, 0.2) is 0 Å². The van der Waals surface area contributed by atoms with Gasteiger partial charge in [0.25, 0.3) is 0 Å². The number of para-hydroxylation sites is 1. The molecule has 3 N–H and O–H groups in total. The van der Waals surface area contributed by atoms with Crippen LogP contribution in [0.25, 0.3) is 33.1 Å². The van der Waals surface area contributed by atoms with Crippen molar-refractivity contribution in [1.29, 1.82) is 0 Å². The number of fused-ring (bicyclic) bond motifs is 4. The van der Waals surface area contributed by atoms with Crippen molar-refractivity contribution in [2.45, 2.75) is 38.3 Å². The van der Waals surface area contributed by atoms with Gasteiger partial charge in [0, 0.05) is 41.0 Å². The molecule has 31 heavy (non-hydrogen) atoms. The fraction of sp³-hybridized carbons (Fsp3) is 0.250. The lowest BCUT2D eigenvalue weighted by Gasteiger charge is -2.19. The van der Waals surface area contributed by atoms with Crippen molar-refractivity contribution in [2.24, 2.45) is 0 Å². The van der Waals surface area contributed by atoms with E-state index in [1.165, 1.54) is 12.4 Å². The third-order valence-corrected chi connectivity index (χ3v) is 6.13. The number of hydrogen-bond donors (Lipinski definition) is 2. The van der Waals surface area contributed by atoms with Crippen LogP contribution >= 0.6 is 0 Å². The van der Waals surface area contributed by atoms with Crippen LogP contribution in [0, 0.1) is 0 Å². The zero-order valence-corrected chi connectivity index (χ0v) is 17.4. The predicted octanol–water partition coefficient (Wildman–Crippen LogP) is 3.80. The fourth-order valence-corrected chi connectivity index (χ4v) is 4.78. The van der Waals surface area contributed by atoms with Gasteiger partial charge in [-0.25, -0.2) is 9.97 Å². The van der Waals surface area contributed by atoms with Crippen molar-refractivity contribution in [3.8, 4) is 11.1 Å². The molecule has 0 spiro atoms. The highest BCUT2D eigenvalue weighted by molar-refractivity contribution is 6.03. The van der Waals surface area contributed by atoms with Crippen LogP contribution in [-0.4, -0.2) is 31.5 Å². The highest BCUT2D eigenvalue weighted by Crippen LogP contribution is 2.43. The van der Waals surface area contributed by atoms with Crippen molar-refractivity contribution in [3.05, 3.63) is 61.2 Å². The number of aromatic nitrogens is 4. The zero-order chi connectivity index (χ0) is 21.5. The van der Waals surface area contributed by atoms with E-state index < -0.39 is 0 Å². The summed E-state index contributed by atoms with van der Waals surface area (Å²) in [4.78, 5) is 25.4. The van der Waals surface area contributed by atoms with Crippen LogP contribution in [0.2, 0.25) is 0 Å². The van der Waals surface area contributed by atoms with Crippen LogP contribution in [0.3, 0.4) is 0 Å². The first-order valence-electron chi connectivity index (χ1n) is 10.5. The highest BCUT2D eigenvalue weighted by atomic mass is 16.1. The third-order valence-electron chi connectivity index (χ3n) is 6.13. The molecule has 156 valence electrons. The monoisotopic (exact) mass is 412 g/mol. The Morgan fingerprint density at radius 1 is 1.29 bits per heavy atom. The van der Waals surface area contributed by atoms with Crippen LogP contribution in [0.1, 0.15) is 31.4 Å². The molecule has 1 aliphatic heterocycles. The van der Waals surface area contributed by atoms with E-state index in [4.69, 9.17) is 5.73 Å². The predicted molar refractivity (Wildman–Crippen MR) is 122 cm³/mol. The van der Waals surface area contributed by atoms with E-state index in [1.807, 2.05) is 24.4 Å². The second kappa shape index (κ2) is 7.50. The van der Waals surface area contributed by atoms with Crippen LogP contribution in [0.5, 0.6) is 0 Å². The first kappa shape index (κ1) is 19.2. The number of carbonyl (C=O) groups is 1. The lowest BCUT2D eigenvalue weighted by Crippen LogP contribution is -2.34. The molecule has 1 aliphatic rings. The first-order valence-corrected chi connectivity index (χ1v) is 10.5. The molecule has 2 atom stereocenters. The maximum absolute atomic E-state index is 11.9. The van der Waals surface area contributed by atoms with Gasteiger partial charge in [-0.1, -0.05) is 31.7 Å². The second-order valence-corrected chi connectivity index (χ2v) is 8.12. The maximum atomic E-state index is 11.9. The average molecular weight is 412 g/mol. The van der Waals surface area contributed by atoms with E-state index in [0.717, 1.165) is 58.1 Å². The molecule has 0 aliphatic carbocycles. The van der Waals surface area contributed by atoms with Crippen molar-refractivity contribution < 1.29 is 4.79 Å². The number of benzene rings is 1. The van der Waals surface area contributed by atoms with E-state index in [2.05, 4.69) is 50.5 Å². The Hall–Kier alpha value is -3.74. The Morgan fingerprint density at radius 2 is 2.13 bits per heavy atom. The standard InChI is InChI=1S/C24H24N6O/c1-3-19(31)29-17-8-9-30-22(14(2)10-17)20(21-23(25)27-13-28-24(21)30)16-11-15-6-4-5-7-18(15)26-12-16/h3-7,11-14,17H,1,8-10H2,2H3,(H,29,31)(H2,25,27,28)/t14?,17-/m1/s1. The van der Waals surface area contributed by atoms with Gasteiger partial charge in [-0.3, -0.25) is 9.78 Å². The molecule has 0 bridgehead atoms. The summed E-state index contributed by atoms with van der Waals surface area (Å²) in [6.07, 6.45) is 6.36. The lowest BCUT2D eigenvalue weighted by molar-refractivity contribution is -0.117. The summed E-state index contributed by atoms with van der Waals surface area (Å²) in [5.41, 5.74) is 11.3. The van der Waals surface area contributed by atoms with E-state index >= 15 is 0 Å². The number of carbonyl (C=O) groups excluding carboxylic acids is 1. The Kier molecular flexibility index (Phi) is 4.66. The molecule has 1 unspecified atom stereocenters. The van der Waals surface area contributed by atoms with Crippen LogP contribution in [0.15, 0.2) is 55.5 Å². The molecule has 1 amide bonds. The molecule has 4 aromatic rings. The van der Waals surface area contributed by atoms with Crippen LogP contribution < -0.4 is 11.1 Å². The maximum Gasteiger partial charge on any atom is 0.243 e. The molecule has 0 radical (unpaired) electrons. The number of nitrogens with zero attached hydrogens (tertiary/aromatic N) is 4. The number of amides is 1. The van der Waals surface area contributed by atoms with Crippen molar-refractivity contribution in [1.82, 2.24) is 24.8 Å². The van der Waals surface area contributed by atoms with Crippen LogP contribution in [-0.2, 0) is 11.3 Å².